The summed E-state index contributed by atoms with van der Waals surface area (Å²) in [5.41, 5.74) is 0.875. The second kappa shape index (κ2) is 9.12. The molecule has 0 spiro atoms. The number of aliphatic carboxylic acids is 1. The van der Waals surface area contributed by atoms with Crippen LogP contribution in [0.4, 0.5) is 4.79 Å². The molecule has 0 radical (unpaired) electrons. The van der Waals surface area contributed by atoms with E-state index in [-0.39, 0.29) is 12.3 Å². The molecule has 0 aromatic heterocycles. The number of carboxylic acid groups (broad SMARTS) is 1. The van der Waals surface area contributed by atoms with Crippen molar-refractivity contribution in [1.82, 2.24) is 5.32 Å². The van der Waals surface area contributed by atoms with Crippen LogP contribution >= 0.6 is 0 Å². The van der Waals surface area contributed by atoms with Crippen molar-refractivity contribution in [1.29, 1.82) is 0 Å². The first-order chi connectivity index (χ1) is 12.5. The number of carboxylic acids is 1. The molecule has 0 atom stereocenters. The minimum atomic E-state index is -1.31. The van der Waals surface area contributed by atoms with E-state index in [1.54, 1.807) is 30.3 Å². The highest BCUT2D eigenvalue weighted by Gasteiger charge is 2.14. The quantitative estimate of drug-likeness (QED) is 0.740. The van der Waals surface area contributed by atoms with E-state index in [1.807, 2.05) is 18.2 Å². The Bertz CT molecular complexity index is 801. The van der Waals surface area contributed by atoms with Gasteiger partial charge in [0, 0.05) is 5.56 Å². The lowest BCUT2D eigenvalue weighted by atomic mass is 10.1. The summed E-state index contributed by atoms with van der Waals surface area (Å²) in [5.74, 6) is -0.357. The second-order valence-corrected chi connectivity index (χ2v) is 5.16. The van der Waals surface area contributed by atoms with Gasteiger partial charge in [-0.3, -0.25) is 5.32 Å². The van der Waals surface area contributed by atoms with Gasteiger partial charge in [-0.25, -0.2) is 9.59 Å². The molecule has 7 nitrogen and oxygen atoms in total. The SMILES string of the molecule is COc1ccc(OC)c(/C=C(\NC(=O)OCc2ccccc2)C(=O)O)c1. The van der Waals surface area contributed by atoms with Crippen LogP contribution < -0.4 is 14.8 Å². The molecule has 2 N–H and O–H groups in total. The third-order valence-electron chi connectivity index (χ3n) is 3.42. The summed E-state index contributed by atoms with van der Waals surface area (Å²) < 4.78 is 15.4. The Balaban J connectivity index is 2.14. The Morgan fingerprint density at radius 2 is 1.81 bits per heavy atom. The van der Waals surface area contributed by atoms with Crippen LogP contribution in [0.3, 0.4) is 0 Å². The predicted octanol–water partition coefficient (Wildman–Crippen LogP) is 3.06. The van der Waals surface area contributed by atoms with Gasteiger partial charge >= 0.3 is 12.1 Å². The van der Waals surface area contributed by atoms with Gasteiger partial charge in [-0.15, -0.1) is 0 Å². The molecule has 0 saturated carbocycles. The van der Waals surface area contributed by atoms with E-state index in [1.165, 1.54) is 20.3 Å². The summed E-state index contributed by atoms with van der Waals surface area (Å²) in [6.07, 6.45) is 0.400. The number of carbonyl (C=O) groups is 2. The fraction of sp³-hybridized carbons (Fsp3) is 0.158. The first-order valence-electron chi connectivity index (χ1n) is 7.68. The largest absolute Gasteiger partial charge is 0.497 e. The fourth-order valence-electron chi connectivity index (χ4n) is 2.13. The zero-order chi connectivity index (χ0) is 18.9. The van der Waals surface area contributed by atoms with E-state index in [4.69, 9.17) is 14.2 Å². The summed E-state index contributed by atoms with van der Waals surface area (Å²) in [6, 6.07) is 14.0. The Hall–Kier alpha value is -3.48. The Kier molecular flexibility index (Phi) is 6.61. The number of alkyl carbamates (subject to hydrolysis) is 1. The van der Waals surface area contributed by atoms with Gasteiger partial charge in [0.05, 0.1) is 14.2 Å². The molecule has 26 heavy (non-hydrogen) atoms. The standard InChI is InChI=1S/C19H19NO6/c1-24-15-8-9-17(25-2)14(10-15)11-16(18(21)22)20-19(23)26-12-13-6-4-3-5-7-13/h3-11H,12H2,1-2H3,(H,20,23)(H,21,22)/b16-11-. The van der Waals surface area contributed by atoms with Gasteiger partial charge in [0.25, 0.3) is 0 Å². The van der Waals surface area contributed by atoms with Gasteiger partial charge in [-0.1, -0.05) is 30.3 Å². The highest BCUT2D eigenvalue weighted by Crippen LogP contribution is 2.25. The minimum Gasteiger partial charge on any atom is -0.497 e. The van der Waals surface area contributed by atoms with Gasteiger partial charge in [-0.2, -0.15) is 0 Å². The molecule has 2 aromatic carbocycles. The Morgan fingerprint density at radius 1 is 1.08 bits per heavy atom. The number of hydrogen-bond donors (Lipinski definition) is 2. The third-order valence-corrected chi connectivity index (χ3v) is 3.42. The van der Waals surface area contributed by atoms with Gasteiger partial charge < -0.3 is 19.3 Å². The van der Waals surface area contributed by atoms with Crippen molar-refractivity contribution < 1.29 is 28.9 Å². The highest BCUT2D eigenvalue weighted by molar-refractivity contribution is 5.96. The number of amides is 1. The molecule has 0 aliphatic rings. The van der Waals surface area contributed by atoms with Crippen molar-refractivity contribution >= 4 is 18.1 Å². The van der Waals surface area contributed by atoms with Crippen LogP contribution in [0.5, 0.6) is 11.5 Å². The van der Waals surface area contributed by atoms with Crippen LogP contribution in [0.2, 0.25) is 0 Å². The van der Waals surface area contributed by atoms with E-state index in [0.717, 1.165) is 5.56 Å². The summed E-state index contributed by atoms with van der Waals surface area (Å²) in [7, 11) is 2.95. The van der Waals surface area contributed by atoms with Crippen LogP contribution in [0.1, 0.15) is 11.1 Å². The molecule has 2 rings (SSSR count). The summed E-state index contributed by atoms with van der Waals surface area (Å²) in [6.45, 7) is 0.0298. The first kappa shape index (κ1) is 18.9. The molecule has 0 aliphatic carbocycles. The molecule has 2 aromatic rings. The number of ether oxygens (including phenoxy) is 3. The Morgan fingerprint density at radius 3 is 2.42 bits per heavy atom. The molecule has 0 unspecified atom stereocenters. The smallest absolute Gasteiger partial charge is 0.412 e. The predicted molar refractivity (Wildman–Crippen MR) is 94.9 cm³/mol. The van der Waals surface area contributed by atoms with Crippen molar-refractivity contribution in [2.75, 3.05) is 14.2 Å². The van der Waals surface area contributed by atoms with Crippen molar-refractivity contribution in [3.63, 3.8) is 0 Å². The van der Waals surface area contributed by atoms with Crippen LogP contribution in [0.15, 0.2) is 54.2 Å². The van der Waals surface area contributed by atoms with Crippen molar-refractivity contribution in [3.8, 4) is 11.5 Å². The third kappa shape index (κ3) is 5.27. The number of nitrogens with one attached hydrogen (secondary N) is 1. The number of hydrogen-bond acceptors (Lipinski definition) is 5. The Labute approximate surface area is 150 Å². The van der Waals surface area contributed by atoms with E-state index < -0.39 is 12.1 Å². The van der Waals surface area contributed by atoms with Crippen LogP contribution in [-0.4, -0.2) is 31.4 Å². The summed E-state index contributed by atoms with van der Waals surface area (Å²) in [4.78, 5) is 23.4. The maximum atomic E-state index is 11.9. The zero-order valence-electron chi connectivity index (χ0n) is 14.4. The average molecular weight is 357 g/mol. The fourth-order valence-corrected chi connectivity index (χ4v) is 2.13. The van der Waals surface area contributed by atoms with Crippen LogP contribution in [0.25, 0.3) is 6.08 Å². The highest BCUT2D eigenvalue weighted by atomic mass is 16.5. The van der Waals surface area contributed by atoms with Gasteiger partial charge in [0.15, 0.2) is 0 Å². The second-order valence-electron chi connectivity index (χ2n) is 5.16. The van der Waals surface area contributed by atoms with Crippen LogP contribution in [-0.2, 0) is 16.1 Å². The molecule has 0 saturated heterocycles. The summed E-state index contributed by atoms with van der Waals surface area (Å²) >= 11 is 0. The van der Waals surface area contributed by atoms with E-state index in [2.05, 4.69) is 5.32 Å². The lowest BCUT2D eigenvalue weighted by Gasteiger charge is -2.10. The molecular formula is C19H19NO6. The van der Waals surface area contributed by atoms with E-state index >= 15 is 0 Å². The lowest BCUT2D eigenvalue weighted by Crippen LogP contribution is -2.27. The van der Waals surface area contributed by atoms with E-state index in [9.17, 15) is 14.7 Å². The number of rotatable bonds is 7. The van der Waals surface area contributed by atoms with Gasteiger partial charge in [0.1, 0.15) is 23.8 Å². The molecule has 0 heterocycles. The van der Waals surface area contributed by atoms with Crippen molar-refractivity contribution in [3.05, 3.63) is 65.4 Å². The zero-order valence-corrected chi connectivity index (χ0v) is 14.4. The number of carbonyl (C=O) groups excluding carboxylic acids is 1. The summed E-state index contributed by atoms with van der Waals surface area (Å²) in [5, 5.41) is 11.6. The monoisotopic (exact) mass is 357 g/mol. The first-order valence-corrected chi connectivity index (χ1v) is 7.68. The van der Waals surface area contributed by atoms with Gasteiger partial charge in [0.2, 0.25) is 0 Å². The van der Waals surface area contributed by atoms with Crippen LogP contribution in [0, 0.1) is 0 Å². The van der Waals surface area contributed by atoms with E-state index in [0.29, 0.717) is 17.1 Å². The van der Waals surface area contributed by atoms with Crippen molar-refractivity contribution in [2.24, 2.45) is 0 Å². The lowest BCUT2D eigenvalue weighted by molar-refractivity contribution is -0.132. The molecular weight excluding hydrogens is 338 g/mol. The maximum Gasteiger partial charge on any atom is 0.412 e. The average Bonchev–Trinajstić information content (AvgIpc) is 2.66. The minimum absolute atomic E-state index is 0.0298. The molecule has 136 valence electrons. The topological polar surface area (TPSA) is 94.1 Å². The molecule has 7 heteroatoms. The number of benzene rings is 2. The molecule has 1 amide bonds. The normalized spacial score (nSPS) is 10.8. The molecule has 0 fully saturated rings. The van der Waals surface area contributed by atoms with Crippen molar-refractivity contribution in [2.45, 2.75) is 6.61 Å². The molecule has 0 aliphatic heterocycles. The van der Waals surface area contributed by atoms with Gasteiger partial charge in [-0.05, 0) is 29.8 Å². The number of methoxy groups -OCH3 is 2. The maximum absolute atomic E-state index is 11.9. The molecule has 0 bridgehead atoms.